The van der Waals surface area contributed by atoms with Crippen LogP contribution in [-0.2, 0) is 0 Å². The first-order valence-corrected chi connectivity index (χ1v) is 6.99. The Morgan fingerprint density at radius 2 is 1.94 bits per heavy atom. The maximum absolute atomic E-state index is 5.33. The molecule has 0 spiro atoms. The fourth-order valence-corrected chi connectivity index (χ4v) is 2.70. The summed E-state index contributed by atoms with van der Waals surface area (Å²) in [6.07, 6.45) is 0. The quantitative estimate of drug-likeness (QED) is 0.812. The van der Waals surface area contributed by atoms with Gasteiger partial charge in [-0.1, -0.05) is 19.0 Å². The van der Waals surface area contributed by atoms with Gasteiger partial charge in [-0.3, -0.25) is 4.90 Å². The Morgan fingerprint density at radius 3 is 2.50 bits per heavy atom. The minimum absolute atomic E-state index is 0.251. The van der Waals surface area contributed by atoms with Crippen LogP contribution in [0, 0.1) is 0 Å². The maximum atomic E-state index is 5.33. The zero-order valence-corrected chi connectivity index (χ0v) is 11.0. The molecular weight excluding hydrogens is 222 g/mol. The lowest BCUT2D eigenvalue weighted by Gasteiger charge is -2.29. The predicted molar refractivity (Wildman–Crippen MR) is 65.7 cm³/mol. The van der Waals surface area contributed by atoms with Crippen LogP contribution in [0.25, 0.3) is 0 Å². The highest BCUT2D eigenvalue weighted by molar-refractivity contribution is 7.99. The average molecular weight is 241 g/mol. The third-order valence-electron chi connectivity index (χ3n) is 2.92. The summed E-state index contributed by atoms with van der Waals surface area (Å²) < 4.78 is 5.33. The van der Waals surface area contributed by atoms with Gasteiger partial charge in [-0.15, -0.1) is 0 Å². The topological polar surface area (TPSA) is 42.2 Å². The molecule has 1 unspecified atom stereocenters. The van der Waals surface area contributed by atoms with Gasteiger partial charge >= 0.3 is 0 Å². The molecule has 0 aromatic carbocycles. The predicted octanol–water partition coefficient (Wildman–Crippen LogP) is 2.30. The Balaban J connectivity index is 2.04. The lowest BCUT2D eigenvalue weighted by molar-refractivity contribution is 0.189. The van der Waals surface area contributed by atoms with Crippen LogP contribution < -0.4 is 0 Å². The highest BCUT2D eigenvalue weighted by Gasteiger charge is 2.23. The van der Waals surface area contributed by atoms with Crippen LogP contribution in [0.4, 0.5) is 0 Å². The monoisotopic (exact) mass is 241 g/mol. The number of hydrogen-bond donors (Lipinski definition) is 0. The molecule has 5 heteroatoms. The number of hydrogen-bond acceptors (Lipinski definition) is 5. The fraction of sp³-hybridized carbons (Fsp3) is 0.818. The third kappa shape index (κ3) is 2.58. The van der Waals surface area contributed by atoms with E-state index in [-0.39, 0.29) is 6.04 Å². The standard InChI is InChI=1S/C11H19N3OS/c1-8(2)10-12-11(15-13-10)9(3)14-4-6-16-7-5-14/h8-9H,4-7H2,1-3H3. The SMILES string of the molecule is CC(C)c1noc(C(C)N2CCSCC2)n1. The van der Waals surface area contributed by atoms with E-state index in [1.807, 2.05) is 11.8 Å². The smallest absolute Gasteiger partial charge is 0.243 e. The van der Waals surface area contributed by atoms with E-state index in [0.29, 0.717) is 5.92 Å². The molecule has 1 aliphatic heterocycles. The van der Waals surface area contributed by atoms with Crippen molar-refractivity contribution in [1.29, 1.82) is 0 Å². The molecule has 0 amide bonds. The molecule has 1 aromatic heterocycles. The maximum Gasteiger partial charge on any atom is 0.243 e. The number of rotatable bonds is 3. The van der Waals surface area contributed by atoms with E-state index in [2.05, 4.69) is 35.8 Å². The number of aromatic nitrogens is 2. The van der Waals surface area contributed by atoms with Gasteiger partial charge in [-0.05, 0) is 6.92 Å². The Kier molecular flexibility index (Phi) is 3.86. The molecule has 16 heavy (non-hydrogen) atoms. The fourth-order valence-electron chi connectivity index (χ4n) is 1.77. The van der Waals surface area contributed by atoms with Crippen LogP contribution in [0.5, 0.6) is 0 Å². The molecule has 1 atom stereocenters. The van der Waals surface area contributed by atoms with Crippen molar-refractivity contribution in [3.63, 3.8) is 0 Å². The van der Waals surface area contributed by atoms with Gasteiger partial charge in [0, 0.05) is 30.5 Å². The van der Waals surface area contributed by atoms with Gasteiger partial charge < -0.3 is 4.52 Å². The molecule has 0 aliphatic carbocycles. The molecule has 1 saturated heterocycles. The van der Waals surface area contributed by atoms with E-state index < -0.39 is 0 Å². The van der Waals surface area contributed by atoms with Crippen LogP contribution in [0.2, 0.25) is 0 Å². The summed E-state index contributed by atoms with van der Waals surface area (Å²) >= 11 is 2.01. The van der Waals surface area contributed by atoms with E-state index in [0.717, 1.165) is 24.8 Å². The van der Waals surface area contributed by atoms with Crippen LogP contribution in [0.1, 0.15) is 44.4 Å². The molecule has 0 bridgehead atoms. The van der Waals surface area contributed by atoms with Gasteiger partial charge in [0.1, 0.15) is 0 Å². The largest absolute Gasteiger partial charge is 0.338 e. The van der Waals surface area contributed by atoms with Crippen LogP contribution >= 0.6 is 11.8 Å². The van der Waals surface area contributed by atoms with Crippen molar-refractivity contribution >= 4 is 11.8 Å². The first kappa shape index (κ1) is 11.9. The van der Waals surface area contributed by atoms with Gasteiger partial charge in [0.2, 0.25) is 5.89 Å². The highest BCUT2D eigenvalue weighted by Crippen LogP contribution is 2.23. The van der Waals surface area contributed by atoms with E-state index in [4.69, 9.17) is 4.52 Å². The lowest BCUT2D eigenvalue weighted by atomic mass is 10.2. The van der Waals surface area contributed by atoms with Crippen LogP contribution in [-0.4, -0.2) is 39.6 Å². The van der Waals surface area contributed by atoms with Crippen molar-refractivity contribution in [2.24, 2.45) is 0 Å². The summed E-state index contributed by atoms with van der Waals surface area (Å²) in [7, 11) is 0. The molecule has 0 radical (unpaired) electrons. The number of nitrogens with zero attached hydrogens (tertiary/aromatic N) is 3. The third-order valence-corrected chi connectivity index (χ3v) is 3.87. The van der Waals surface area contributed by atoms with Crippen LogP contribution in [0.15, 0.2) is 4.52 Å². The lowest BCUT2D eigenvalue weighted by Crippen LogP contribution is -2.34. The molecule has 0 saturated carbocycles. The summed E-state index contributed by atoms with van der Waals surface area (Å²) in [6, 6.07) is 0.251. The summed E-state index contributed by atoms with van der Waals surface area (Å²) in [5.41, 5.74) is 0. The summed E-state index contributed by atoms with van der Waals surface area (Å²) in [4.78, 5) is 6.87. The summed E-state index contributed by atoms with van der Waals surface area (Å²) in [5.74, 6) is 4.32. The molecular formula is C11H19N3OS. The first-order valence-electron chi connectivity index (χ1n) is 5.83. The van der Waals surface area contributed by atoms with E-state index in [1.165, 1.54) is 11.5 Å². The molecule has 2 rings (SSSR count). The molecule has 1 aromatic rings. The summed E-state index contributed by atoms with van der Waals surface area (Å²) in [6.45, 7) is 8.54. The van der Waals surface area contributed by atoms with Crippen molar-refractivity contribution in [3.05, 3.63) is 11.7 Å². The van der Waals surface area contributed by atoms with Crippen molar-refractivity contribution in [1.82, 2.24) is 15.0 Å². The molecule has 1 aliphatic rings. The normalized spacial score (nSPS) is 20.2. The van der Waals surface area contributed by atoms with E-state index in [9.17, 15) is 0 Å². The molecule has 1 fully saturated rings. The molecule has 4 nitrogen and oxygen atoms in total. The zero-order valence-electron chi connectivity index (χ0n) is 10.1. The van der Waals surface area contributed by atoms with Gasteiger partial charge in [-0.25, -0.2) is 0 Å². The van der Waals surface area contributed by atoms with Gasteiger partial charge in [0.25, 0.3) is 0 Å². The Labute approximate surface area is 101 Å². The van der Waals surface area contributed by atoms with Crippen molar-refractivity contribution in [3.8, 4) is 0 Å². The first-order chi connectivity index (χ1) is 7.68. The second-order valence-electron chi connectivity index (χ2n) is 4.47. The van der Waals surface area contributed by atoms with Gasteiger partial charge in [-0.2, -0.15) is 16.7 Å². The van der Waals surface area contributed by atoms with Crippen LogP contribution in [0.3, 0.4) is 0 Å². The van der Waals surface area contributed by atoms with E-state index in [1.54, 1.807) is 0 Å². The summed E-state index contributed by atoms with van der Waals surface area (Å²) in [5, 5.41) is 4.01. The Bertz CT molecular complexity index is 334. The molecule has 0 N–H and O–H groups in total. The number of thioether (sulfide) groups is 1. The van der Waals surface area contributed by atoms with Crippen molar-refractivity contribution < 1.29 is 4.52 Å². The molecule has 90 valence electrons. The van der Waals surface area contributed by atoms with Gasteiger partial charge in [0.05, 0.1) is 6.04 Å². The Hall–Kier alpha value is -0.550. The highest BCUT2D eigenvalue weighted by atomic mass is 32.2. The van der Waals surface area contributed by atoms with Crippen molar-refractivity contribution in [2.45, 2.75) is 32.7 Å². The average Bonchev–Trinajstić information content (AvgIpc) is 2.78. The van der Waals surface area contributed by atoms with Gasteiger partial charge in [0.15, 0.2) is 5.82 Å². The Morgan fingerprint density at radius 1 is 1.25 bits per heavy atom. The zero-order chi connectivity index (χ0) is 11.5. The minimum atomic E-state index is 0.251. The van der Waals surface area contributed by atoms with Crippen molar-refractivity contribution in [2.75, 3.05) is 24.6 Å². The van der Waals surface area contributed by atoms with E-state index >= 15 is 0 Å². The minimum Gasteiger partial charge on any atom is -0.338 e. The molecule has 2 heterocycles. The second kappa shape index (κ2) is 5.19. The second-order valence-corrected chi connectivity index (χ2v) is 5.69.